The molecule has 6 nitrogen and oxygen atoms in total. The Morgan fingerprint density at radius 1 is 1.40 bits per heavy atom. The number of halogens is 1. The summed E-state index contributed by atoms with van der Waals surface area (Å²) in [6.45, 7) is 2.20. The molecule has 1 aliphatic carbocycles. The van der Waals surface area contributed by atoms with Crippen LogP contribution in [0.4, 0.5) is 0 Å². The summed E-state index contributed by atoms with van der Waals surface area (Å²) in [5.41, 5.74) is 0.787. The van der Waals surface area contributed by atoms with E-state index < -0.39 is 0 Å². The Hall–Kier alpha value is -1.73. The van der Waals surface area contributed by atoms with Crippen molar-refractivity contribution in [2.75, 3.05) is 11.6 Å². The van der Waals surface area contributed by atoms with E-state index in [1.807, 2.05) is 12.1 Å². The van der Waals surface area contributed by atoms with E-state index in [-0.39, 0.29) is 17.7 Å². The van der Waals surface area contributed by atoms with Crippen LogP contribution < -0.4 is 11.2 Å². The third-order valence-electron chi connectivity index (χ3n) is 4.54. The molecule has 1 fully saturated rings. The van der Waals surface area contributed by atoms with Crippen molar-refractivity contribution < 1.29 is 4.79 Å². The molecule has 0 saturated heterocycles. The number of rotatable bonds is 5. The van der Waals surface area contributed by atoms with Gasteiger partial charge in [0, 0.05) is 16.6 Å². The smallest absolute Gasteiger partial charge is 0.230 e. The van der Waals surface area contributed by atoms with Gasteiger partial charge in [0.25, 0.3) is 0 Å². The third kappa shape index (κ3) is 4.46. The molecule has 0 aliphatic heterocycles. The average molecular weight is 380 g/mol. The van der Waals surface area contributed by atoms with Crippen molar-refractivity contribution in [3.63, 3.8) is 0 Å². The lowest BCUT2D eigenvalue weighted by Gasteiger charge is -2.29. The summed E-state index contributed by atoms with van der Waals surface area (Å²) < 4.78 is 1.40. The van der Waals surface area contributed by atoms with Crippen LogP contribution in [0.2, 0.25) is 5.02 Å². The number of thioether (sulfide) groups is 1. The summed E-state index contributed by atoms with van der Waals surface area (Å²) in [6, 6.07) is 7.54. The van der Waals surface area contributed by atoms with Crippen molar-refractivity contribution in [1.82, 2.24) is 20.2 Å². The van der Waals surface area contributed by atoms with Gasteiger partial charge in [0.15, 0.2) is 5.82 Å². The molecule has 3 N–H and O–H groups in total. The Kier molecular flexibility index (Phi) is 5.86. The van der Waals surface area contributed by atoms with E-state index in [4.69, 9.17) is 17.4 Å². The molecule has 0 bridgehead atoms. The molecule has 3 rings (SSSR count). The molecule has 0 radical (unpaired) electrons. The SMILES string of the molecule is C[C@H]1CCCC[C@H]1NC(=O)CSc1nnc(-c2cccc(Cl)c2)n1N. The number of hydrogen-bond acceptors (Lipinski definition) is 5. The standard InChI is InChI=1S/C17H22ClN5OS/c1-11-5-2-3-8-14(11)20-15(24)10-25-17-22-21-16(23(17)19)12-6-4-7-13(18)9-12/h4,6-7,9,11,14H,2-3,5,8,10,19H2,1H3,(H,20,24)/t11-,14+/m0/s1. The molecule has 1 saturated carbocycles. The zero-order valence-corrected chi connectivity index (χ0v) is 15.7. The van der Waals surface area contributed by atoms with Gasteiger partial charge >= 0.3 is 0 Å². The highest BCUT2D eigenvalue weighted by molar-refractivity contribution is 7.99. The number of aromatic nitrogens is 3. The third-order valence-corrected chi connectivity index (χ3v) is 5.72. The van der Waals surface area contributed by atoms with E-state index in [0.717, 1.165) is 12.0 Å². The lowest BCUT2D eigenvalue weighted by atomic mass is 9.86. The normalized spacial score (nSPS) is 20.4. The highest BCUT2D eigenvalue weighted by atomic mass is 35.5. The molecule has 1 aliphatic rings. The molecule has 2 atom stereocenters. The van der Waals surface area contributed by atoms with E-state index in [1.165, 1.54) is 35.7 Å². The topological polar surface area (TPSA) is 85.8 Å². The minimum Gasteiger partial charge on any atom is -0.352 e. The first-order valence-electron chi connectivity index (χ1n) is 8.43. The number of nitrogen functional groups attached to an aromatic ring is 1. The van der Waals surface area contributed by atoms with Gasteiger partial charge in [0.1, 0.15) is 0 Å². The molecule has 134 valence electrons. The lowest BCUT2D eigenvalue weighted by molar-refractivity contribution is -0.119. The first kappa shape index (κ1) is 18.1. The minimum absolute atomic E-state index is 0.0102. The number of nitrogens with one attached hydrogen (secondary N) is 1. The molecule has 0 unspecified atom stereocenters. The second-order valence-corrected chi connectivity index (χ2v) is 7.79. The van der Waals surface area contributed by atoms with Gasteiger partial charge in [-0.15, -0.1) is 10.2 Å². The van der Waals surface area contributed by atoms with Crippen LogP contribution in [-0.4, -0.2) is 32.6 Å². The number of benzene rings is 1. The summed E-state index contributed by atoms with van der Waals surface area (Å²) >= 11 is 7.29. The van der Waals surface area contributed by atoms with E-state index in [0.29, 0.717) is 21.9 Å². The average Bonchev–Trinajstić information content (AvgIpc) is 2.96. The fraction of sp³-hybridized carbons (Fsp3) is 0.471. The van der Waals surface area contributed by atoms with Crippen LogP contribution in [0, 0.1) is 5.92 Å². The number of hydrogen-bond donors (Lipinski definition) is 2. The van der Waals surface area contributed by atoms with Crippen molar-refractivity contribution in [1.29, 1.82) is 0 Å². The summed E-state index contributed by atoms with van der Waals surface area (Å²) in [4.78, 5) is 12.2. The van der Waals surface area contributed by atoms with Gasteiger partial charge in [-0.1, -0.05) is 55.3 Å². The Morgan fingerprint density at radius 3 is 2.96 bits per heavy atom. The van der Waals surface area contributed by atoms with Crippen LogP contribution in [0.5, 0.6) is 0 Å². The number of nitrogens with zero attached hydrogens (tertiary/aromatic N) is 3. The van der Waals surface area contributed by atoms with E-state index in [9.17, 15) is 4.79 Å². The molecule has 2 aromatic rings. The van der Waals surface area contributed by atoms with Gasteiger partial charge in [-0.3, -0.25) is 4.79 Å². The van der Waals surface area contributed by atoms with Crippen LogP contribution in [-0.2, 0) is 4.79 Å². The number of carbonyl (C=O) groups is 1. The summed E-state index contributed by atoms with van der Waals surface area (Å²) in [5.74, 6) is 7.41. The quantitative estimate of drug-likeness (QED) is 0.615. The summed E-state index contributed by atoms with van der Waals surface area (Å²) in [6.07, 6.45) is 4.68. The second kappa shape index (κ2) is 8.10. The van der Waals surface area contributed by atoms with Gasteiger partial charge in [-0.25, -0.2) is 4.68 Å². The second-order valence-electron chi connectivity index (χ2n) is 6.41. The maximum absolute atomic E-state index is 12.2. The number of carbonyl (C=O) groups excluding carboxylic acids is 1. The predicted octanol–water partition coefficient (Wildman–Crippen LogP) is 3.10. The summed E-state index contributed by atoms with van der Waals surface area (Å²) in [5, 5.41) is 12.4. The van der Waals surface area contributed by atoms with Gasteiger partial charge in [-0.05, 0) is 30.9 Å². The van der Waals surface area contributed by atoms with Crippen LogP contribution >= 0.6 is 23.4 Å². The number of amides is 1. The highest BCUT2D eigenvalue weighted by Gasteiger charge is 2.23. The monoisotopic (exact) mass is 379 g/mol. The highest BCUT2D eigenvalue weighted by Crippen LogP contribution is 2.25. The van der Waals surface area contributed by atoms with Crippen molar-refractivity contribution >= 4 is 29.3 Å². The predicted molar refractivity (Wildman–Crippen MR) is 101 cm³/mol. The Morgan fingerprint density at radius 2 is 2.20 bits per heavy atom. The van der Waals surface area contributed by atoms with E-state index >= 15 is 0 Å². The first-order chi connectivity index (χ1) is 12.0. The van der Waals surface area contributed by atoms with E-state index in [1.54, 1.807) is 12.1 Å². The van der Waals surface area contributed by atoms with Crippen LogP contribution in [0.3, 0.4) is 0 Å². The Balaban J connectivity index is 1.59. The maximum atomic E-state index is 12.2. The molecule has 1 aromatic carbocycles. The zero-order chi connectivity index (χ0) is 17.8. The molecule has 8 heteroatoms. The number of nitrogens with two attached hydrogens (primary N) is 1. The van der Waals surface area contributed by atoms with Gasteiger partial charge in [0.05, 0.1) is 5.75 Å². The first-order valence-corrected chi connectivity index (χ1v) is 9.79. The molecule has 25 heavy (non-hydrogen) atoms. The zero-order valence-electron chi connectivity index (χ0n) is 14.1. The van der Waals surface area contributed by atoms with Gasteiger partial charge < -0.3 is 11.2 Å². The molecular weight excluding hydrogens is 358 g/mol. The molecular formula is C17H22ClN5OS. The van der Waals surface area contributed by atoms with Crippen molar-refractivity contribution in [3.05, 3.63) is 29.3 Å². The maximum Gasteiger partial charge on any atom is 0.230 e. The van der Waals surface area contributed by atoms with Crippen LogP contribution in [0.1, 0.15) is 32.6 Å². The lowest BCUT2D eigenvalue weighted by Crippen LogP contribution is -2.41. The summed E-state index contributed by atoms with van der Waals surface area (Å²) in [7, 11) is 0. The minimum atomic E-state index is 0.0102. The van der Waals surface area contributed by atoms with Gasteiger partial charge in [0.2, 0.25) is 11.1 Å². The van der Waals surface area contributed by atoms with Crippen molar-refractivity contribution in [2.45, 2.75) is 43.8 Å². The molecule has 1 aromatic heterocycles. The van der Waals surface area contributed by atoms with Crippen molar-refractivity contribution in [3.8, 4) is 11.4 Å². The fourth-order valence-corrected chi connectivity index (χ4v) is 3.97. The van der Waals surface area contributed by atoms with Crippen LogP contribution in [0.25, 0.3) is 11.4 Å². The molecule has 1 heterocycles. The largest absolute Gasteiger partial charge is 0.352 e. The molecule has 1 amide bonds. The molecule has 0 spiro atoms. The fourth-order valence-electron chi connectivity index (χ4n) is 3.11. The van der Waals surface area contributed by atoms with Crippen LogP contribution in [0.15, 0.2) is 29.4 Å². The van der Waals surface area contributed by atoms with Gasteiger partial charge in [-0.2, -0.15) is 0 Å². The van der Waals surface area contributed by atoms with E-state index in [2.05, 4.69) is 22.4 Å². The Bertz CT molecular complexity index is 750. The Labute approximate surface area is 156 Å². The van der Waals surface area contributed by atoms with Crippen molar-refractivity contribution in [2.24, 2.45) is 5.92 Å².